The zero-order valence-electron chi connectivity index (χ0n) is 21.7. The Morgan fingerprint density at radius 1 is 1.05 bits per heavy atom. The third kappa shape index (κ3) is 5.96. The number of nitrogens with zero attached hydrogens (tertiary/aromatic N) is 5. The van der Waals surface area contributed by atoms with Crippen molar-refractivity contribution in [3.8, 4) is 11.4 Å². The fourth-order valence-electron chi connectivity index (χ4n) is 5.22. The van der Waals surface area contributed by atoms with E-state index in [2.05, 4.69) is 12.0 Å². The maximum Gasteiger partial charge on any atom is 0.316 e. The maximum absolute atomic E-state index is 13.6. The second kappa shape index (κ2) is 11.1. The molecule has 5 rings (SSSR count). The van der Waals surface area contributed by atoms with Crippen LogP contribution in [0.15, 0.2) is 65.6 Å². The molecule has 2 aliphatic rings. The molecule has 3 aromatic rings. The molecule has 2 atom stereocenters. The van der Waals surface area contributed by atoms with Crippen molar-refractivity contribution in [1.82, 2.24) is 14.1 Å². The molecule has 1 saturated heterocycles. The topological polar surface area (TPSA) is 128 Å². The van der Waals surface area contributed by atoms with Crippen molar-refractivity contribution in [2.24, 2.45) is 5.92 Å². The van der Waals surface area contributed by atoms with Gasteiger partial charge in [0.15, 0.2) is 0 Å². The van der Waals surface area contributed by atoms with Crippen molar-refractivity contribution in [2.45, 2.75) is 38.0 Å². The van der Waals surface area contributed by atoms with Gasteiger partial charge >= 0.3 is 5.56 Å². The van der Waals surface area contributed by atoms with Gasteiger partial charge in [-0.15, -0.1) is 0 Å². The van der Waals surface area contributed by atoms with E-state index in [-0.39, 0.29) is 41.9 Å². The average molecular weight is 554 g/mol. The number of rotatable bonds is 8. The third-order valence-corrected chi connectivity index (χ3v) is 9.14. The smallest absolute Gasteiger partial charge is 0.316 e. The minimum Gasteiger partial charge on any atom is -0.483 e. The number of benzene rings is 2. The molecule has 1 aliphatic heterocycles. The van der Waals surface area contributed by atoms with Crippen LogP contribution in [0.1, 0.15) is 31.7 Å². The Hall–Kier alpha value is -3.77. The summed E-state index contributed by atoms with van der Waals surface area (Å²) >= 11 is 0. The fraction of sp³-hybridized carbons (Fsp3) is 0.407. The van der Waals surface area contributed by atoms with Crippen LogP contribution in [0.4, 0.5) is 11.4 Å². The van der Waals surface area contributed by atoms with Crippen LogP contribution >= 0.6 is 0 Å². The fourth-order valence-corrected chi connectivity index (χ4v) is 6.72. The largest absolute Gasteiger partial charge is 0.483 e. The zero-order valence-corrected chi connectivity index (χ0v) is 22.5. The first-order valence-corrected chi connectivity index (χ1v) is 14.6. The van der Waals surface area contributed by atoms with Crippen molar-refractivity contribution in [1.29, 1.82) is 0 Å². The highest BCUT2D eigenvalue weighted by atomic mass is 32.2. The minimum atomic E-state index is -3.70. The number of aromatic nitrogens is 2. The second-order valence-electron chi connectivity index (χ2n) is 10.1. The van der Waals surface area contributed by atoms with Crippen molar-refractivity contribution >= 4 is 21.4 Å². The summed E-state index contributed by atoms with van der Waals surface area (Å²) in [5, 5.41) is 15.5. The van der Waals surface area contributed by atoms with Gasteiger partial charge in [-0.3, -0.25) is 14.9 Å². The van der Waals surface area contributed by atoms with Gasteiger partial charge < -0.3 is 9.64 Å². The summed E-state index contributed by atoms with van der Waals surface area (Å²) in [6, 6.07) is 14.8. The molecular formula is C27H31N5O6S. The van der Waals surface area contributed by atoms with Crippen LogP contribution < -0.4 is 15.2 Å². The molecule has 0 amide bonds. The van der Waals surface area contributed by atoms with Gasteiger partial charge in [0.1, 0.15) is 5.69 Å². The lowest BCUT2D eigenvalue weighted by molar-refractivity contribution is -0.384. The minimum absolute atomic E-state index is 0.0605. The summed E-state index contributed by atoms with van der Waals surface area (Å²) in [4.78, 5) is 26.1. The summed E-state index contributed by atoms with van der Waals surface area (Å²) in [6.45, 7) is 3.29. The molecule has 39 heavy (non-hydrogen) atoms. The zero-order chi connectivity index (χ0) is 27.6. The van der Waals surface area contributed by atoms with Gasteiger partial charge in [0.05, 0.1) is 28.7 Å². The van der Waals surface area contributed by atoms with Gasteiger partial charge in [0.2, 0.25) is 15.8 Å². The Morgan fingerprint density at radius 2 is 1.79 bits per heavy atom. The van der Waals surface area contributed by atoms with E-state index >= 15 is 0 Å². The summed E-state index contributed by atoms with van der Waals surface area (Å²) in [7, 11) is -3.70. The highest BCUT2D eigenvalue weighted by Crippen LogP contribution is 2.32. The van der Waals surface area contributed by atoms with E-state index in [1.54, 1.807) is 24.4 Å². The van der Waals surface area contributed by atoms with E-state index in [1.807, 2.05) is 23.1 Å². The molecule has 11 nitrogen and oxygen atoms in total. The Bertz CT molecular complexity index is 1500. The molecular weight excluding hydrogens is 522 g/mol. The number of sulfonamides is 1. The predicted molar refractivity (Wildman–Crippen MR) is 147 cm³/mol. The SMILES string of the molecule is CC1CCC(Oc2c(N3CCN(S(=O)(=O)Cc4cccc([N+](=O)[O-])c4)CC3)cnn(-c3ccccc3)c2=O)C1. The highest BCUT2D eigenvalue weighted by Gasteiger charge is 2.31. The van der Waals surface area contributed by atoms with Crippen LogP contribution in [0.25, 0.3) is 5.69 Å². The normalized spacial score (nSPS) is 20.2. The third-order valence-electron chi connectivity index (χ3n) is 7.29. The Kier molecular flexibility index (Phi) is 7.67. The van der Waals surface area contributed by atoms with Crippen molar-refractivity contribution in [2.75, 3.05) is 31.1 Å². The van der Waals surface area contributed by atoms with E-state index in [0.29, 0.717) is 35.9 Å². The number of ether oxygens (including phenoxy) is 1. The molecule has 1 aromatic heterocycles. The molecule has 1 saturated carbocycles. The number of hydrogen-bond acceptors (Lipinski definition) is 8. The highest BCUT2D eigenvalue weighted by molar-refractivity contribution is 7.88. The Morgan fingerprint density at radius 3 is 2.46 bits per heavy atom. The number of anilines is 1. The van der Waals surface area contributed by atoms with E-state index < -0.39 is 14.9 Å². The molecule has 1 aliphatic carbocycles. The number of hydrogen-bond donors (Lipinski definition) is 0. The quantitative estimate of drug-likeness (QED) is 0.307. The van der Waals surface area contributed by atoms with Gasteiger partial charge in [0.25, 0.3) is 5.69 Å². The van der Waals surface area contributed by atoms with Crippen LogP contribution in [0.3, 0.4) is 0 Å². The van der Waals surface area contributed by atoms with E-state index in [0.717, 1.165) is 19.3 Å². The number of piperazine rings is 1. The van der Waals surface area contributed by atoms with Crippen LogP contribution in [-0.2, 0) is 15.8 Å². The van der Waals surface area contributed by atoms with E-state index in [4.69, 9.17) is 4.74 Å². The van der Waals surface area contributed by atoms with Gasteiger partial charge in [-0.25, -0.2) is 8.42 Å². The molecule has 12 heteroatoms. The molecule has 2 unspecified atom stereocenters. The van der Waals surface area contributed by atoms with Crippen molar-refractivity contribution in [3.05, 3.63) is 86.8 Å². The van der Waals surface area contributed by atoms with Gasteiger partial charge in [0, 0.05) is 38.3 Å². The van der Waals surface area contributed by atoms with Crippen LogP contribution in [0.2, 0.25) is 0 Å². The monoisotopic (exact) mass is 553 g/mol. The summed E-state index contributed by atoms with van der Waals surface area (Å²) in [6.07, 6.45) is 4.34. The molecule has 0 radical (unpaired) electrons. The van der Waals surface area contributed by atoms with E-state index in [1.165, 1.54) is 27.2 Å². The maximum atomic E-state index is 13.6. The standard InChI is InChI=1S/C27H31N5O6S/c1-20-10-11-24(16-20)38-26-25(18-28-31(27(26)33)22-7-3-2-4-8-22)29-12-14-30(15-13-29)39(36,37)19-21-6-5-9-23(17-21)32(34)35/h2-9,17-18,20,24H,10-16,19H2,1H3. The van der Waals surface area contributed by atoms with Gasteiger partial charge in [-0.2, -0.15) is 14.1 Å². The lowest BCUT2D eigenvalue weighted by Crippen LogP contribution is -2.49. The van der Waals surface area contributed by atoms with E-state index in [9.17, 15) is 23.3 Å². The lowest BCUT2D eigenvalue weighted by atomic mass is 10.1. The van der Waals surface area contributed by atoms with Crippen LogP contribution in [0.5, 0.6) is 5.75 Å². The number of non-ortho nitro benzene ring substituents is 1. The molecule has 0 N–H and O–H groups in total. The number of nitro benzene ring substituents is 1. The number of para-hydroxylation sites is 1. The molecule has 0 bridgehead atoms. The lowest BCUT2D eigenvalue weighted by Gasteiger charge is -2.36. The molecule has 2 aromatic carbocycles. The van der Waals surface area contributed by atoms with Crippen molar-refractivity contribution in [3.63, 3.8) is 0 Å². The molecule has 2 heterocycles. The first-order chi connectivity index (χ1) is 18.7. The predicted octanol–water partition coefficient (Wildman–Crippen LogP) is 3.36. The first-order valence-electron chi connectivity index (χ1n) is 13.0. The van der Waals surface area contributed by atoms with Crippen LogP contribution in [0, 0.1) is 16.0 Å². The Balaban J connectivity index is 1.36. The summed E-state index contributed by atoms with van der Waals surface area (Å²) in [5.74, 6) is 0.440. The molecule has 206 valence electrons. The molecule has 0 spiro atoms. The Labute approximate surface area is 226 Å². The van der Waals surface area contributed by atoms with Gasteiger partial charge in [-0.05, 0) is 42.9 Å². The van der Waals surface area contributed by atoms with Crippen molar-refractivity contribution < 1.29 is 18.1 Å². The summed E-state index contributed by atoms with van der Waals surface area (Å²) in [5.41, 5.74) is 1.06. The summed E-state index contributed by atoms with van der Waals surface area (Å²) < 4.78 is 35.3. The second-order valence-corrected chi connectivity index (χ2v) is 12.1. The van der Waals surface area contributed by atoms with Crippen LogP contribution in [-0.4, -0.2) is 59.7 Å². The van der Waals surface area contributed by atoms with Gasteiger partial charge in [-0.1, -0.05) is 37.3 Å². The molecule has 2 fully saturated rings. The average Bonchev–Trinajstić information content (AvgIpc) is 3.34. The first kappa shape index (κ1) is 26.8. The number of nitro groups is 1.